The molecule has 22 heavy (non-hydrogen) atoms. The Morgan fingerprint density at radius 3 is 2.55 bits per heavy atom. The molecule has 0 saturated heterocycles. The van der Waals surface area contributed by atoms with Crippen molar-refractivity contribution < 1.29 is 9.90 Å². The summed E-state index contributed by atoms with van der Waals surface area (Å²) in [7, 11) is 0. The second kappa shape index (κ2) is 5.48. The lowest BCUT2D eigenvalue weighted by Gasteiger charge is -2.08. The minimum absolute atomic E-state index is 0.278. The van der Waals surface area contributed by atoms with Crippen LogP contribution in [0.3, 0.4) is 0 Å². The molecule has 0 radical (unpaired) electrons. The summed E-state index contributed by atoms with van der Waals surface area (Å²) in [6.45, 7) is 4.02. The lowest BCUT2D eigenvalue weighted by atomic mass is 9.99. The van der Waals surface area contributed by atoms with Gasteiger partial charge < -0.3 is 10.1 Å². The molecule has 0 atom stereocenters. The molecule has 3 rings (SSSR count). The first-order valence-electron chi connectivity index (χ1n) is 7.01. The van der Waals surface area contributed by atoms with Gasteiger partial charge in [-0.2, -0.15) is 0 Å². The molecule has 0 bridgehead atoms. The Hall–Kier alpha value is -2.88. The maximum atomic E-state index is 11.6. The number of rotatable bonds is 3. The van der Waals surface area contributed by atoms with Crippen molar-refractivity contribution in [2.75, 3.05) is 0 Å². The topological polar surface area (TPSA) is 66.0 Å². The summed E-state index contributed by atoms with van der Waals surface area (Å²) in [6, 6.07) is 11.3. The number of carboxylic acids is 1. The minimum atomic E-state index is -0.938. The Morgan fingerprint density at radius 1 is 1.14 bits per heavy atom. The van der Waals surface area contributed by atoms with E-state index in [0.29, 0.717) is 5.69 Å². The maximum absolute atomic E-state index is 11.6. The molecule has 0 saturated carbocycles. The van der Waals surface area contributed by atoms with E-state index >= 15 is 0 Å². The second-order valence-corrected chi connectivity index (χ2v) is 5.26. The quantitative estimate of drug-likeness (QED) is 0.765. The van der Waals surface area contributed by atoms with E-state index < -0.39 is 5.97 Å². The zero-order valence-corrected chi connectivity index (χ0v) is 12.4. The third-order valence-corrected chi connectivity index (χ3v) is 3.91. The van der Waals surface area contributed by atoms with Gasteiger partial charge in [-0.15, -0.1) is 0 Å². The number of aromatic carboxylic acids is 1. The third kappa shape index (κ3) is 2.39. The first-order valence-corrected chi connectivity index (χ1v) is 7.01. The van der Waals surface area contributed by atoms with Gasteiger partial charge in [-0.25, -0.2) is 4.79 Å². The van der Waals surface area contributed by atoms with Crippen LogP contribution < -0.4 is 0 Å². The molecule has 0 fully saturated rings. The van der Waals surface area contributed by atoms with Gasteiger partial charge in [0.1, 0.15) is 0 Å². The van der Waals surface area contributed by atoms with Crippen LogP contribution in [0.4, 0.5) is 0 Å². The van der Waals surface area contributed by atoms with Crippen LogP contribution in [0.15, 0.2) is 48.8 Å². The fraction of sp³-hybridized carbons (Fsp3) is 0.111. The molecule has 4 heteroatoms. The van der Waals surface area contributed by atoms with E-state index in [2.05, 4.69) is 9.97 Å². The lowest BCUT2D eigenvalue weighted by molar-refractivity contribution is 0.0698. The standard InChI is InChI=1S/C18H16N2O2/c1-11-4-3-5-14(12(11)2)17-15(18(21)22)10-16(20-17)13-6-8-19-9-7-13/h3-10,20H,1-2H3,(H,21,22). The molecule has 4 nitrogen and oxygen atoms in total. The van der Waals surface area contributed by atoms with Crippen molar-refractivity contribution in [2.45, 2.75) is 13.8 Å². The summed E-state index contributed by atoms with van der Waals surface area (Å²) in [5, 5.41) is 9.52. The molecule has 0 aliphatic rings. The fourth-order valence-corrected chi connectivity index (χ4v) is 2.54. The zero-order chi connectivity index (χ0) is 15.7. The van der Waals surface area contributed by atoms with Gasteiger partial charge in [0, 0.05) is 29.2 Å². The first kappa shape index (κ1) is 14.1. The van der Waals surface area contributed by atoms with Gasteiger partial charge in [0.05, 0.1) is 11.3 Å². The summed E-state index contributed by atoms with van der Waals surface area (Å²) < 4.78 is 0. The van der Waals surface area contributed by atoms with Crippen molar-refractivity contribution in [2.24, 2.45) is 0 Å². The Kier molecular flexibility index (Phi) is 3.51. The van der Waals surface area contributed by atoms with Crippen LogP contribution >= 0.6 is 0 Å². The fourth-order valence-electron chi connectivity index (χ4n) is 2.54. The molecular weight excluding hydrogens is 276 g/mol. The SMILES string of the molecule is Cc1cccc(-c2[nH]c(-c3ccncc3)cc2C(=O)O)c1C. The molecule has 0 aliphatic heterocycles. The summed E-state index contributed by atoms with van der Waals surface area (Å²) >= 11 is 0. The van der Waals surface area contributed by atoms with E-state index in [1.54, 1.807) is 18.5 Å². The molecule has 0 amide bonds. The Morgan fingerprint density at radius 2 is 1.86 bits per heavy atom. The highest BCUT2D eigenvalue weighted by molar-refractivity contribution is 5.97. The van der Waals surface area contributed by atoms with Crippen LogP contribution in [0.2, 0.25) is 0 Å². The van der Waals surface area contributed by atoms with Crippen molar-refractivity contribution in [1.82, 2.24) is 9.97 Å². The van der Waals surface area contributed by atoms with Gasteiger partial charge in [0.15, 0.2) is 0 Å². The average Bonchev–Trinajstić information content (AvgIpc) is 2.96. The number of aromatic amines is 1. The van der Waals surface area contributed by atoms with Gasteiger partial charge >= 0.3 is 5.97 Å². The summed E-state index contributed by atoms with van der Waals surface area (Å²) in [5.74, 6) is -0.938. The summed E-state index contributed by atoms with van der Waals surface area (Å²) in [4.78, 5) is 18.8. The lowest BCUT2D eigenvalue weighted by Crippen LogP contribution is -1.98. The first-order chi connectivity index (χ1) is 10.6. The van der Waals surface area contributed by atoms with Crippen molar-refractivity contribution in [1.29, 1.82) is 0 Å². The number of nitrogens with zero attached hydrogens (tertiary/aromatic N) is 1. The number of hydrogen-bond donors (Lipinski definition) is 2. The van der Waals surface area contributed by atoms with E-state index in [-0.39, 0.29) is 5.56 Å². The van der Waals surface area contributed by atoms with Gasteiger partial charge in [0.25, 0.3) is 0 Å². The van der Waals surface area contributed by atoms with E-state index in [0.717, 1.165) is 27.9 Å². The zero-order valence-electron chi connectivity index (χ0n) is 12.4. The van der Waals surface area contributed by atoms with Crippen LogP contribution in [-0.4, -0.2) is 21.0 Å². The van der Waals surface area contributed by atoms with Crippen molar-refractivity contribution in [3.63, 3.8) is 0 Å². The predicted molar refractivity (Wildman–Crippen MR) is 85.9 cm³/mol. The highest BCUT2D eigenvalue weighted by Crippen LogP contribution is 2.31. The molecule has 0 spiro atoms. The number of carboxylic acid groups (broad SMARTS) is 1. The number of aryl methyl sites for hydroxylation is 1. The Labute approximate surface area is 128 Å². The Bertz CT molecular complexity index is 836. The van der Waals surface area contributed by atoms with Gasteiger partial charge in [-0.1, -0.05) is 18.2 Å². The molecule has 2 aromatic heterocycles. The minimum Gasteiger partial charge on any atom is -0.478 e. The number of H-pyrrole nitrogens is 1. The smallest absolute Gasteiger partial charge is 0.337 e. The largest absolute Gasteiger partial charge is 0.478 e. The molecule has 0 aliphatic carbocycles. The number of nitrogens with one attached hydrogen (secondary N) is 1. The molecule has 0 unspecified atom stereocenters. The molecule has 2 N–H and O–H groups in total. The van der Waals surface area contributed by atoms with Crippen molar-refractivity contribution in [3.8, 4) is 22.5 Å². The Balaban J connectivity index is 2.21. The number of carbonyl (C=O) groups is 1. The molecule has 3 aromatic rings. The third-order valence-electron chi connectivity index (χ3n) is 3.91. The van der Waals surface area contributed by atoms with Crippen molar-refractivity contribution >= 4 is 5.97 Å². The van der Waals surface area contributed by atoms with E-state index in [9.17, 15) is 9.90 Å². The van der Waals surface area contributed by atoms with Crippen LogP contribution in [-0.2, 0) is 0 Å². The normalized spacial score (nSPS) is 10.6. The molecule has 2 heterocycles. The highest BCUT2D eigenvalue weighted by Gasteiger charge is 2.18. The van der Waals surface area contributed by atoms with E-state index in [1.165, 1.54) is 0 Å². The van der Waals surface area contributed by atoms with Gasteiger partial charge in [-0.3, -0.25) is 4.98 Å². The second-order valence-electron chi connectivity index (χ2n) is 5.26. The number of benzene rings is 1. The van der Waals surface area contributed by atoms with Crippen molar-refractivity contribution in [3.05, 3.63) is 65.5 Å². The number of pyridine rings is 1. The van der Waals surface area contributed by atoms with E-state index in [1.807, 2.05) is 44.2 Å². The van der Waals surface area contributed by atoms with E-state index in [4.69, 9.17) is 0 Å². The van der Waals surface area contributed by atoms with Crippen LogP contribution in [0.1, 0.15) is 21.5 Å². The molecule has 110 valence electrons. The van der Waals surface area contributed by atoms with Crippen LogP contribution in [0.25, 0.3) is 22.5 Å². The summed E-state index contributed by atoms with van der Waals surface area (Å²) in [5.41, 5.74) is 5.73. The van der Waals surface area contributed by atoms with Crippen LogP contribution in [0.5, 0.6) is 0 Å². The summed E-state index contributed by atoms with van der Waals surface area (Å²) in [6.07, 6.45) is 3.38. The van der Waals surface area contributed by atoms with Gasteiger partial charge in [0.2, 0.25) is 0 Å². The maximum Gasteiger partial charge on any atom is 0.337 e. The molecular formula is C18H16N2O2. The monoisotopic (exact) mass is 292 g/mol. The number of hydrogen-bond acceptors (Lipinski definition) is 2. The van der Waals surface area contributed by atoms with Crippen LogP contribution in [0, 0.1) is 13.8 Å². The predicted octanol–water partition coefficient (Wildman–Crippen LogP) is 4.06. The number of aromatic nitrogens is 2. The average molecular weight is 292 g/mol. The highest BCUT2D eigenvalue weighted by atomic mass is 16.4. The van der Waals surface area contributed by atoms with Gasteiger partial charge in [-0.05, 0) is 43.2 Å². The molecule has 1 aromatic carbocycles.